The number of amides is 2. The average molecular weight is 330 g/mol. The molecule has 0 aliphatic rings. The van der Waals surface area contributed by atoms with Crippen LogP contribution < -0.4 is 21.5 Å². The van der Waals surface area contributed by atoms with Gasteiger partial charge in [-0.3, -0.25) is 9.59 Å². The van der Waals surface area contributed by atoms with E-state index in [1.807, 2.05) is 0 Å². The highest BCUT2D eigenvalue weighted by molar-refractivity contribution is 5.94. The van der Waals surface area contributed by atoms with Crippen molar-refractivity contribution < 1.29 is 14.3 Å². The van der Waals surface area contributed by atoms with E-state index in [4.69, 9.17) is 16.2 Å². The van der Waals surface area contributed by atoms with Crippen LogP contribution in [0.1, 0.15) is 30.6 Å². The standard InChI is InChI=1S/C15H23N3O3.ClH/c1-10(2)7-12(8-16)18-15(20)11-3-5-13(6-4-11)21-9-14(17)19;/h3-6,10,12H,7-9,16H2,1-2H3,(H2,17,19)(H,18,20);1H. The van der Waals surface area contributed by atoms with Gasteiger partial charge in [-0.1, -0.05) is 13.8 Å². The third-order valence-corrected chi connectivity index (χ3v) is 2.87. The quantitative estimate of drug-likeness (QED) is 0.663. The van der Waals surface area contributed by atoms with Gasteiger partial charge < -0.3 is 21.5 Å². The third kappa shape index (κ3) is 7.28. The molecule has 1 atom stereocenters. The molecule has 0 saturated carbocycles. The summed E-state index contributed by atoms with van der Waals surface area (Å²) in [6.45, 7) is 4.39. The maximum absolute atomic E-state index is 12.1. The van der Waals surface area contributed by atoms with Gasteiger partial charge in [0.25, 0.3) is 11.8 Å². The molecule has 0 saturated heterocycles. The lowest BCUT2D eigenvalue weighted by atomic mass is 10.0. The first kappa shape index (κ1) is 20.2. The van der Waals surface area contributed by atoms with Crippen molar-refractivity contribution in [3.05, 3.63) is 29.8 Å². The first-order valence-corrected chi connectivity index (χ1v) is 6.94. The SMILES string of the molecule is CC(C)CC(CN)NC(=O)c1ccc(OCC(N)=O)cc1.Cl. The van der Waals surface area contributed by atoms with Gasteiger partial charge in [-0.05, 0) is 36.6 Å². The molecule has 0 spiro atoms. The fourth-order valence-corrected chi connectivity index (χ4v) is 1.91. The second-order valence-electron chi connectivity index (χ2n) is 5.32. The van der Waals surface area contributed by atoms with Crippen LogP contribution in [0.2, 0.25) is 0 Å². The fourth-order valence-electron chi connectivity index (χ4n) is 1.91. The van der Waals surface area contributed by atoms with E-state index < -0.39 is 5.91 Å². The van der Waals surface area contributed by atoms with Crippen LogP contribution in [0.5, 0.6) is 5.75 Å². The summed E-state index contributed by atoms with van der Waals surface area (Å²) >= 11 is 0. The van der Waals surface area contributed by atoms with Crippen molar-refractivity contribution in [2.45, 2.75) is 26.3 Å². The first-order chi connectivity index (χ1) is 9.92. The Balaban J connectivity index is 0.00000441. The van der Waals surface area contributed by atoms with Gasteiger partial charge in [0.1, 0.15) is 5.75 Å². The van der Waals surface area contributed by atoms with Crippen molar-refractivity contribution in [3.63, 3.8) is 0 Å². The van der Waals surface area contributed by atoms with Gasteiger partial charge in [-0.15, -0.1) is 12.4 Å². The maximum Gasteiger partial charge on any atom is 0.255 e. The third-order valence-electron chi connectivity index (χ3n) is 2.87. The predicted octanol–water partition coefficient (Wildman–Crippen LogP) is 1.08. The summed E-state index contributed by atoms with van der Waals surface area (Å²) in [6, 6.07) is 6.47. The Morgan fingerprint density at radius 1 is 1.23 bits per heavy atom. The number of ether oxygens (including phenoxy) is 1. The topological polar surface area (TPSA) is 107 Å². The summed E-state index contributed by atoms with van der Waals surface area (Å²) in [5.41, 5.74) is 11.2. The number of hydrogen-bond donors (Lipinski definition) is 3. The molecule has 22 heavy (non-hydrogen) atoms. The summed E-state index contributed by atoms with van der Waals surface area (Å²) in [4.78, 5) is 22.7. The number of rotatable bonds is 8. The monoisotopic (exact) mass is 329 g/mol. The van der Waals surface area contributed by atoms with Crippen molar-refractivity contribution in [2.75, 3.05) is 13.2 Å². The molecule has 0 aliphatic carbocycles. The molecular weight excluding hydrogens is 306 g/mol. The maximum atomic E-state index is 12.1. The molecular formula is C15H24ClN3O3. The van der Waals surface area contributed by atoms with Crippen molar-refractivity contribution in [3.8, 4) is 5.75 Å². The summed E-state index contributed by atoms with van der Waals surface area (Å²) in [7, 11) is 0. The lowest BCUT2D eigenvalue weighted by Gasteiger charge is -2.18. The molecule has 5 N–H and O–H groups in total. The van der Waals surface area contributed by atoms with Gasteiger partial charge in [0.05, 0.1) is 0 Å². The van der Waals surface area contributed by atoms with Gasteiger partial charge in [0.2, 0.25) is 0 Å². The van der Waals surface area contributed by atoms with Crippen LogP contribution in [0.3, 0.4) is 0 Å². The van der Waals surface area contributed by atoms with Crippen LogP contribution >= 0.6 is 12.4 Å². The number of nitrogens with two attached hydrogens (primary N) is 2. The van der Waals surface area contributed by atoms with Crippen LogP contribution in [0, 0.1) is 5.92 Å². The lowest BCUT2D eigenvalue weighted by Crippen LogP contribution is -2.41. The number of primary amides is 1. The van der Waals surface area contributed by atoms with E-state index in [0.717, 1.165) is 6.42 Å². The van der Waals surface area contributed by atoms with Gasteiger partial charge in [-0.2, -0.15) is 0 Å². The van der Waals surface area contributed by atoms with Gasteiger partial charge in [0, 0.05) is 18.2 Å². The summed E-state index contributed by atoms with van der Waals surface area (Å²) in [6.07, 6.45) is 0.835. The Morgan fingerprint density at radius 2 is 1.82 bits per heavy atom. The molecule has 0 aromatic heterocycles. The molecule has 1 rings (SSSR count). The zero-order chi connectivity index (χ0) is 15.8. The minimum atomic E-state index is -0.545. The van der Waals surface area contributed by atoms with Crippen molar-refractivity contribution in [2.24, 2.45) is 17.4 Å². The van der Waals surface area contributed by atoms with E-state index in [1.54, 1.807) is 24.3 Å². The minimum Gasteiger partial charge on any atom is -0.484 e. The largest absolute Gasteiger partial charge is 0.484 e. The normalized spacial score (nSPS) is 11.5. The summed E-state index contributed by atoms with van der Waals surface area (Å²) in [5, 5.41) is 2.91. The highest BCUT2D eigenvalue weighted by Crippen LogP contribution is 2.12. The molecule has 1 unspecified atom stereocenters. The summed E-state index contributed by atoms with van der Waals surface area (Å²) in [5.74, 6) is 0.232. The zero-order valence-electron chi connectivity index (χ0n) is 12.9. The molecule has 0 aliphatic heterocycles. The Hall–Kier alpha value is -1.79. The van der Waals surface area contributed by atoms with Crippen LogP contribution in [-0.4, -0.2) is 31.0 Å². The summed E-state index contributed by atoms with van der Waals surface area (Å²) < 4.78 is 5.13. The molecule has 0 heterocycles. The van der Waals surface area contributed by atoms with Crippen LogP contribution in [0.4, 0.5) is 0 Å². The van der Waals surface area contributed by atoms with Crippen LogP contribution in [0.15, 0.2) is 24.3 Å². The number of nitrogens with one attached hydrogen (secondary N) is 1. The highest BCUT2D eigenvalue weighted by atomic mass is 35.5. The molecule has 0 bridgehead atoms. The Bertz CT molecular complexity index is 477. The van der Waals surface area contributed by atoms with Crippen molar-refractivity contribution in [1.29, 1.82) is 0 Å². The minimum absolute atomic E-state index is 0. The molecule has 0 fully saturated rings. The van der Waals surface area contributed by atoms with Gasteiger partial charge >= 0.3 is 0 Å². The Labute approximate surface area is 137 Å². The van der Waals surface area contributed by atoms with E-state index >= 15 is 0 Å². The van der Waals surface area contributed by atoms with E-state index in [-0.39, 0.29) is 31.0 Å². The average Bonchev–Trinajstić information content (AvgIpc) is 2.44. The van der Waals surface area contributed by atoms with E-state index in [9.17, 15) is 9.59 Å². The molecule has 6 nitrogen and oxygen atoms in total. The molecule has 1 aromatic rings. The van der Waals surface area contributed by atoms with Crippen LogP contribution in [-0.2, 0) is 4.79 Å². The highest BCUT2D eigenvalue weighted by Gasteiger charge is 2.13. The fraction of sp³-hybridized carbons (Fsp3) is 0.467. The Kier molecular flexibility index (Phi) is 9.21. The number of halogens is 1. The number of benzene rings is 1. The number of hydrogen-bond acceptors (Lipinski definition) is 4. The second kappa shape index (κ2) is 10.0. The Morgan fingerprint density at radius 3 is 2.27 bits per heavy atom. The molecule has 2 amide bonds. The van der Waals surface area contributed by atoms with Crippen molar-refractivity contribution >= 4 is 24.2 Å². The predicted molar refractivity (Wildman–Crippen MR) is 88.1 cm³/mol. The number of carbonyl (C=O) groups is 2. The lowest BCUT2D eigenvalue weighted by molar-refractivity contribution is -0.119. The first-order valence-electron chi connectivity index (χ1n) is 6.94. The van der Waals surface area contributed by atoms with Gasteiger partial charge in [-0.25, -0.2) is 0 Å². The van der Waals surface area contributed by atoms with Crippen molar-refractivity contribution in [1.82, 2.24) is 5.32 Å². The van der Waals surface area contributed by atoms with Gasteiger partial charge in [0.15, 0.2) is 6.61 Å². The molecule has 124 valence electrons. The van der Waals surface area contributed by atoms with Crippen LogP contribution in [0.25, 0.3) is 0 Å². The molecule has 1 aromatic carbocycles. The van der Waals surface area contributed by atoms with E-state index in [0.29, 0.717) is 23.8 Å². The smallest absolute Gasteiger partial charge is 0.255 e. The number of carbonyl (C=O) groups excluding carboxylic acids is 2. The van der Waals surface area contributed by atoms with E-state index in [2.05, 4.69) is 19.2 Å². The zero-order valence-corrected chi connectivity index (χ0v) is 13.7. The second-order valence-corrected chi connectivity index (χ2v) is 5.32. The molecule has 7 heteroatoms. The van der Waals surface area contributed by atoms with E-state index in [1.165, 1.54) is 0 Å². The molecule has 0 radical (unpaired) electrons.